The average molecular weight is 297 g/mol. The Hall–Kier alpha value is -1.29. The van der Waals surface area contributed by atoms with Crippen LogP contribution in [0.5, 0.6) is 0 Å². The van der Waals surface area contributed by atoms with Crippen LogP contribution in [0, 0.1) is 5.82 Å². The van der Waals surface area contributed by atoms with Crippen molar-refractivity contribution in [3.63, 3.8) is 0 Å². The van der Waals surface area contributed by atoms with Gasteiger partial charge in [0, 0.05) is 30.0 Å². The summed E-state index contributed by atoms with van der Waals surface area (Å²) in [6, 6.07) is 7.05. The van der Waals surface area contributed by atoms with E-state index in [-0.39, 0.29) is 5.82 Å². The maximum Gasteiger partial charge on any atom is 0.147 e. The summed E-state index contributed by atoms with van der Waals surface area (Å²) in [5.74, 6) is -0.241. The topological polar surface area (TPSA) is 17.0 Å². The molecule has 0 radical (unpaired) electrons. The van der Waals surface area contributed by atoms with E-state index in [9.17, 15) is 4.39 Å². The highest BCUT2D eigenvalue weighted by atomic mass is 79.9. The molecule has 0 spiro atoms. The van der Waals surface area contributed by atoms with Gasteiger partial charge in [-0.15, -0.1) is 0 Å². The molecule has 90 valence electrons. The third-order valence-corrected chi connectivity index (χ3v) is 3.08. The number of nitrogens with one attached hydrogen (secondary N) is 1. The fourth-order valence-corrected chi connectivity index (χ4v) is 1.96. The summed E-state index contributed by atoms with van der Waals surface area (Å²) in [7, 11) is 0. The lowest BCUT2D eigenvalue weighted by Crippen LogP contribution is -2.00. The Morgan fingerprint density at radius 2 is 2.18 bits per heavy atom. The molecule has 0 saturated carbocycles. The van der Waals surface area contributed by atoms with E-state index in [2.05, 4.69) is 38.9 Å². The molecular formula is C13H14BrFN2. The first kappa shape index (κ1) is 12.2. The van der Waals surface area contributed by atoms with Crippen molar-refractivity contribution in [3.8, 4) is 0 Å². The SMILES string of the molecule is CCn1ccc(CNc2ccc(Br)cc2F)c1. The summed E-state index contributed by atoms with van der Waals surface area (Å²) < 4.78 is 16.4. The van der Waals surface area contributed by atoms with Crippen molar-refractivity contribution in [2.24, 2.45) is 0 Å². The van der Waals surface area contributed by atoms with Gasteiger partial charge in [0.05, 0.1) is 5.69 Å². The smallest absolute Gasteiger partial charge is 0.147 e. The van der Waals surface area contributed by atoms with Crippen LogP contribution in [-0.4, -0.2) is 4.57 Å². The lowest BCUT2D eigenvalue weighted by molar-refractivity contribution is 0.629. The molecule has 17 heavy (non-hydrogen) atoms. The fraction of sp³-hybridized carbons (Fsp3) is 0.231. The molecule has 2 rings (SSSR count). The van der Waals surface area contributed by atoms with Gasteiger partial charge in [-0.1, -0.05) is 15.9 Å². The van der Waals surface area contributed by atoms with E-state index >= 15 is 0 Å². The first-order valence-corrected chi connectivity index (χ1v) is 6.32. The van der Waals surface area contributed by atoms with Crippen LogP contribution < -0.4 is 5.32 Å². The maximum atomic E-state index is 13.5. The van der Waals surface area contributed by atoms with Gasteiger partial charge < -0.3 is 9.88 Å². The van der Waals surface area contributed by atoms with Crippen LogP contribution in [0.4, 0.5) is 10.1 Å². The summed E-state index contributed by atoms with van der Waals surface area (Å²) in [4.78, 5) is 0. The number of hydrogen-bond acceptors (Lipinski definition) is 1. The van der Waals surface area contributed by atoms with Gasteiger partial charge in [-0.3, -0.25) is 0 Å². The second kappa shape index (κ2) is 5.36. The van der Waals surface area contributed by atoms with Gasteiger partial charge in [-0.2, -0.15) is 0 Å². The van der Waals surface area contributed by atoms with Crippen LogP contribution in [0.3, 0.4) is 0 Å². The fourth-order valence-electron chi connectivity index (χ4n) is 1.62. The van der Waals surface area contributed by atoms with E-state index < -0.39 is 0 Å². The van der Waals surface area contributed by atoms with Gasteiger partial charge in [0.15, 0.2) is 0 Å². The molecule has 1 aromatic carbocycles. The van der Waals surface area contributed by atoms with Crippen LogP contribution in [0.1, 0.15) is 12.5 Å². The van der Waals surface area contributed by atoms with Crippen LogP contribution >= 0.6 is 15.9 Å². The minimum Gasteiger partial charge on any atom is -0.379 e. The van der Waals surface area contributed by atoms with Crippen LogP contribution in [-0.2, 0) is 13.1 Å². The summed E-state index contributed by atoms with van der Waals surface area (Å²) in [5, 5.41) is 3.08. The van der Waals surface area contributed by atoms with E-state index in [4.69, 9.17) is 0 Å². The lowest BCUT2D eigenvalue weighted by atomic mass is 10.3. The predicted octanol–water partition coefficient (Wildman–Crippen LogP) is 4.02. The first-order chi connectivity index (χ1) is 8.19. The van der Waals surface area contributed by atoms with Crippen molar-refractivity contribution in [2.75, 3.05) is 5.32 Å². The largest absolute Gasteiger partial charge is 0.379 e. The number of rotatable bonds is 4. The average Bonchev–Trinajstić information content (AvgIpc) is 2.76. The maximum absolute atomic E-state index is 13.5. The molecule has 0 saturated heterocycles. The molecule has 0 atom stereocenters. The first-order valence-electron chi connectivity index (χ1n) is 5.52. The summed E-state index contributed by atoms with van der Waals surface area (Å²) in [6.45, 7) is 3.67. The van der Waals surface area contributed by atoms with Crippen molar-refractivity contribution in [2.45, 2.75) is 20.0 Å². The van der Waals surface area contributed by atoms with E-state index in [0.29, 0.717) is 12.2 Å². The van der Waals surface area contributed by atoms with Gasteiger partial charge in [0.1, 0.15) is 5.82 Å². The molecule has 2 nitrogen and oxygen atoms in total. The van der Waals surface area contributed by atoms with E-state index in [1.54, 1.807) is 6.07 Å². The van der Waals surface area contributed by atoms with E-state index in [1.807, 2.05) is 18.3 Å². The molecule has 0 aliphatic carbocycles. The summed E-state index contributed by atoms with van der Waals surface area (Å²) >= 11 is 3.23. The van der Waals surface area contributed by atoms with Gasteiger partial charge in [0.25, 0.3) is 0 Å². The molecule has 0 unspecified atom stereocenters. The second-order valence-corrected chi connectivity index (χ2v) is 4.74. The third kappa shape index (κ3) is 3.09. The number of hydrogen-bond donors (Lipinski definition) is 1. The Kier molecular flexibility index (Phi) is 3.84. The third-order valence-electron chi connectivity index (χ3n) is 2.59. The molecule has 0 bridgehead atoms. The van der Waals surface area contributed by atoms with Gasteiger partial charge >= 0.3 is 0 Å². The Labute approximate surface area is 109 Å². The quantitative estimate of drug-likeness (QED) is 0.902. The molecule has 2 aromatic rings. The molecule has 1 N–H and O–H groups in total. The second-order valence-electron chi connectivity index (χ2n) is 3.83. The highest BCUT2D eigenvalue weighted by Crippen LogP contribution is 2.19. The minimum absolute atomic E-state index is 0.241. The number of anilines is 1. The highest BCUT2D eigenvalue weighted by Gasteiger charge is 2.02. The van der Waals surface area contributed by atoms with E-state index in [1.165, 1.54) is 6.07 Å². The van der Waals surface area contributed by atoms with Crippen LogP contribution in [0.2, 0.25) is 0 Å². The van der Waals surface area contributed by atoms with Gasteiger partial charge in [-0.05, 0) is 36.8 Å². The van der Waals surface area contributed by atoms with Crippen LogP contribution in [0.25, 0.3) is 0 Å². The number of aryl methyl sites for hydroxylation is 1. The van der Waals surface area contributed by atoms with Crippen molar-refractivity contribution in [1.29, 1.82) is 0 Å². The number of nitrogens with zero attached hydrogens (tertiary/aromatic N) is 1. The predicted molar refractivity (Wildman–Crippen MR) is 71.5 cm³/mol. The molecule has 4 heteroatoms. The van der Waals surface area contributed by atoms with Crippen molar-refractivity contribution in [3.05, 3.63) is 52.5 Å². The van der Waals surface area contributed by atoms with E-state index in [0.717, 1.165) is 16.6 Å². The number of halogens is 2. The van der Waals surface area contributed by atoms with Gasteiger partial charge in [0.2, 0.25) is 0 Å². The molecule has 0 aliphatic heterocycles. The number of benzene rings is 1. The molecule has 1 heterocycles. The normalized spacial score (nSPS) is 10.5. The molecule has 0 amide bonds. The van der Waals surface area contributed by atoms with Crippen molar-refractivity contribution < 1.29 is 4.39 Å². The highest BCUT2D eigenvalue weighted by molar-refractivity contribution is 9.10. The van der Waals surface area contributed by atoms with Crippen molar-refractivity contribution >= 4 is 21.6 Å². The molecule has 0 fully saturated rings. The van der Waals surface area contributed by atoms with Crippen molar-refractivity contribution in [1.82, 2.24) is 4.57 Å². The Balaban J connectivity index is 2.02. The zero-order chi connectivity index (χ0) is 12.3. The van der Waals surface area contributed by atoms with Gasteiger partial charge in [-0.25, -0.2) is 4.39 Å². The minimum atomic E-state index is -0.241. The molecular weight excluding hydrogens is 283 g/mol. The Morgan fingerprint density at radius 3 is 2.82 bits per heavy atom. The monoisotopic (exact) mass is 296 g/mol. The Bertz CT molecular complexity index is 508. The molecule has 1 aromatic heterocycles. The zero-order valence-corrected chi connectivity index (χ0v) is 11.2. The zero-order valence-electron chi connectivity index (χ0n) is 9.58. The van der Waals surface area contributed by atoms with Crippen LogP contribution in [0.15, 0.2) is 41.1 Å². The summed E-state index contributed by atoms with van der Waals surface area (Å²) in [5.41, 5.74) is 1.67. The number of aromatic nitrogens is 1. The lowest BCUT2D eigenvalue weighted by Gasteiger charge is -2.06. The standard InChI is InChI=1S/C13H14BrFN2/c1-2-17-6-5-10(9-17)8-16-13-4-3-11(14)7-12(13)15/h3-7,9,16H,2,8H2,1H3. The summed E-state index contributed by atoms with van der Waals surface area (Å²) in [6.07, 6.45) is 4.08. The molecule has 0 aliphatic rings. The Morgan fingerprint density at radius 1 is 1.35 bits per heavy atom.